The second-order valence-electron chi connectivity index (χ2n) is 4.05. The summed E-state index contributed by atoms with van der Waals surface area (Å²) >= 11 is 0. The molecule has 0 atom stereocenters. The van der Waals surface area contributed by atoms with Crippen LogP contribution in [0.15, 0.2) is 6.20 Å². The van der Waals surface area contributed by atoms with E-state index in [0.717, 1.165) is 25.0 Å². The average molecular weight is 253 g/mol. The number of aryl methyl sites for hydroxylation is 1. The van der Waals surface area contributed by atoms with Gasteiger partial charge < -0.3 is 10.1 Å². The molecular weight excluding hydrogens is 234 g/mol. The number of carbonyl (C=O) groups excluding carboxylic acids is 2. The number of aromatic nitrogens is 2. The number of nitrogens with one attached hydrogen (secondary N) is 2. The summed E-state index contributed by atoms with van der Waals surface area (Å²) in [6, 6.07) is 0. The van der Waals surface area contributed by atoms with Crippen LogP contribution < -0.4 is 5.32 Å². The minimum atomic E-state index is -0.187. The highest BCUT2D eigenvalue weighted by molar-refractivity contribution is 5.94. The van der Waals surface area contributed by atoms with E-state index in [0.29, 0.717) is 18.5 Å². The first-order valence-corrected chi connectivity index (χ1v) is 6.00. The highest BCUT2D eigenvalue weighted by Gasteiger charge is 2.09. The number of hydrogen-bond acceptors (Lipinski definition) is 4. The molecule has 1 aromatic rings. The lowest BCUT2D eigenvalue weighted by atomic mass is 10.2. The zero-order valence-corrected chi connectivity index (χ0v) is 10.8. The number of aromatic amines is 1. The average Bonchev–Trinajstić information content (AvgIpc) is 2.79. The lowest BCUT2D eigenvalue weighted by Gasteiger charge is -2.04. The molecular formula is C12H19N3O3. The lowest BCUT2D eigenvalue weighted by Crippen LogP contribution is -2.24. The summed E-state index contributed by atoms with van der Waals surface area (Å²) in [5.41, 5.74) is 1.34. The van der Waals surface area contributed by atoms with Crippen LogP contribution in [-0.2, 0) is 9.53 Å². The maximum atomic E-state index is 11.7. The normalized spacial score (nSPS) is 10.1. The number of H-pyrrole nitrogens is 1. The third-order valence-electron chi connectivity index (χ3n) is 2.65. The Kier molecular flexibility index (Phi) is 5.90. The van der Waals surface area contributed by atoms with Crippen LogP contribution in [0.4, 0.5) is 0 Å². The fourth-order valence-corrected chi connectivity index (χ4v) is 1.55. The Balaban J connectivity index is 2.10. The molecule has 1 heterocycles. The Morgan fingerprint density at radius 1 is 1.39 bits per heavy atom. The SMILES string of the molecule is COC(=O)CCCCCNC(=O)c1cn[nH]c1C. The van der Waals surface area contributed by atoms with Gasteiger partial charge in [-0.05, 0) is 19.8 Å². The van der Waals surface area contributed by atoms with Crippen LogP contribution in [0.1, 0.15) is 41.7 Å². The van der Waals surface area contributed by atoms with Crippen molar-refractivity contribution < 1.29 is 14.3 Å². The number of hydrogen-bond donors (Lipinski definition) is 2. The Morgan fingerprint density at radius 2 is 2.17 bits per heavy atom. The second kappa shape index (κ2) is 7.47. The molecule has 0 saturated carbocycles. The maximum absolute atomic E-state index is 11.7. The molecule has 0 unspecified atom stereocenters. The molecule has 0 aliphatic heterocycles. The van der Waals surface area contributed by atoms with Gasteiger partial charge in [-0.15, -0.1) is 0 Å². The molecule has 18 heavy (non-hydrogen) atoms. The van der Waals surface area contributed by atoms with Crippen LogP contribution in [0, 0.1) is 6.92 Å². The van der Waals surface area contributed by atoms with Gasteiger partial charge in [0, 0.05) is 18.7 Å². The predicted molar refractivity (Wildman–Crippen MR) is 66.1 cm³/mol. The number of amides is 1. The van der Waals surface area contributed by atoms with E-state index < -0.39 is 0 Å². The summed E-state index contributed by atoms with van der Waals surface area (Å²) in [6.07, 6.45) is 4.47. The molecule has 1 amide bonds. The molecule has 6 heteroatoms. The van der Waals surface area contributed by atoms with Gasteiger partial charge in [-0.2, -0.15) is 5.10 Å². The monoisotopic (exact) mass is 253 g/mol. The molecule has 0 radical (unpaired) electrons. The van der Waals surface area contributed by atoms with Gasteiger partial charge in [0.25, 0.3) is 5.91 Å². The van der Waals surface area contributed by atoms with Crippen molar-refractivity contribution in [1.29, 1.82) is 0 Å². The standard InChI is InChI=1S/C12H19N3O3/c1-9-10(8-14-15-9)12(17)13-7-5-3-4-6-11(16)18-2/h8H,3-7H2,1-2H3,(H,13,17)(H,14,15). The number of carbonyl (C=O) groups is 2. The van der Waals surface area contributed by atoms with Crippen LogP contribution in [0.3, 0.4) is 0 Å². The molecule has 1 aromatic heterocycles. The number of methoxy groups -OCH3 is 1. The van der Waals surface area contributed by atoms with Crippen LogP contribution in [-0.4, -0.2) is 35.7 Å². The highest BCUT2D eigenvalue weighted by Crippen LogP contribution is 2.03. The molecule has 0 aromatic carbocycles. The Hall–Kier alpha value is -1.85. The van der Waals surface area contributed by atoms with Crippen molar-refractivity contribution in [2.45, 2.75) is 32.6 Å². The smallest absolute Gasteiger partial charge is 0.305 e. The predicted octanol–water partition coefficient (Wildman–Crippen LogP) is 1.18. The van der Waals surface area contributed by atoms with Crippen molar-refractivity contribution in [2.75, 3.05) is 13.7 Å². The van der Waals surface area contributed by atoms with Crippen molar-refractivity contribution in [2.24, 2.45) is 0 Å². The van der Waals surface area contributed by atoms with Crippen molar-refractivity contribution in [1.82, 2.24) is 15.5 Å². The minimum Gasteiger partial charge on any atom is -0.469 e. The number of rotatable bonds is 7. The van der Waals surface area contributed by atoms with E-state index in [2.05, 4.69) is 20.3 Å². The first-order valence-electron chi connectivity index (χ1n) is 6.00. The highest BCUT2D eigenvalue weighted by atomic mass is 16.5. The van der Waals surface area contributed by atoms with E-state index in [1.54, 1.807) is 6.92 Å². The summed E-state index contributed by atoms with van der Waals surface area (Å²) in [7, 11) is 1.38. The first-order chi connectivity index (χ1) is 8.65. The molecule has 0 fully saturated rings. The van der Waals surface area contributed by atoms with Gasteiger partial charge in [0.1, 0.15) is 0 Å². The molecule has 0 aliphatic rings. The maximum Gasteiger partial charge on any atom is 0.305 e. The molecule has 0 saturated heterocycles. The first kappa shape index (κ1) is 14.2. The van der Waals surface area contributed by atoms with Crippen molar-refractivity contribution in [3.05, 3.63) is 17.5 Å². The molecule has 2 N–H and O–H groups in total. The number of ether oxygens (including phenoxy) is 1. The summed E-state index contributed by atoms with van der Waals surface area (Å²) in [5.74, 6) is -0.303. The Morgan fingerprint density at radius 3 is 2.78 bits per heavy atom. The zero-order chi connectivity index (χ0) is 13.4. The Bertz CT molecular complexity index is 401. The van der Waals surface area contributed by atoms with Crippen LogP contribution in [0.5, 0.6) is 0 Å². The quantitative estimate of drug-likeness (QED) is 0.564. The van der Waals surface area contributed by atoms with Gasteiger partial charge >= 0.3 is 5.97 Å². The van der Waals surface area contributed by atoms with E-state index in [9.17, 15) is 9.59 Å². The third-order valence-corrected chi connectivity index (χ3v) is 2.65. The third kappa shape index (κ3) is 4.57. The largest absolute Gasteiger partial charge is 0.469 e. The van der Waals surface area contributed by atoms with Crippen LogP contribution >= 0.6 is 0 Å². The van der Waals surface area contributed by atoms with Crippen LogP contribution in [0.2, 0.25) is 0 Å². The summed E-state index contributed by atoms with van der Waals surface area (Å²) in [4.78, 5) is 22.5. The van der Waals surface area contributed by atoms with Crippen molar-refractivity contribution in [3.63, 3.8) is 0 Å². The van der Waals surface area contributed by atoms with Crippen LogP contribution in [0.25, 0.3) is 0 Å². The zero-order valence-electron chi connectivity index (χ0n) is 10.8. The van der Waals surface area contributed by atoms with Crippen molar-refractivity contribution >= 4 is 11.9 Å². The molecule has 0 bridgehead atoms. The number of esters is 1. The summed E-state index contributed by atoms with van der Waals surface area (Å²) < 4.78 is 4.54. The number of nitrogens with zero attached hydrogens (tertiary/aromatic N) is 1. The van der Waals surface area contributed by atoms with E-state index in [1.165, 1.54) is 13.3 Å². The lowest BCUT2D eigenvalue weighted by molar-refractivity contribution is -0.140. The minimum absolute atomic E-state index is 0.116. The summed E-state index contributed by atoms with van der Waals surface area (Å²) in [5, 5.41) is 9.32. The molecule has 0 aliphatic carbocycles. The fraction of sp³-hybridized carbons (Fsp3) is 0.583. The van der Waals surface area contributed by atoms with E-state index >= 15 is 0 Å². The topological polar surface area (TPSA) is 84.1 Å². The fourth-order valence-electron chi connectivity index (χ4n) is 1.55. The molecule has 0 spiro atoms. The molecule has 1 rings (SSSR count). The molecule has 6 nitrogen and oxygen atoms in total. The van der Waals surface area contributed by atoms with E-state index in [1.807, 2.05) is 0 Å². The van der Waals surface area contributed by atoms with E-state index in [-0.39, 0.29) is 11.9 Å². The van der Waals surface area contributed by atoms with Gasteiger partial charge in [0.2, 0.25) is 0 Å². The van der Waals surface area contributed by atoms with Crippen molar-refractivity contribution in [3.8, 4) is 0 Å². The number of unbranched alkanes of at least 4 members (excludes halogenated alkanes) is 2. The van der Waals surface area contributed by atoms with Gasteiger partial charge in [-0.3, -0.25) is 14.7 Å². The summed E-state index contributed by atoms with van der Waals surface area (Å²) in [6.45, 7) is 2.41. The van der Waals surface area contributed by atoms with Gasteiger partial charge in [0.15, 0.2) is 0 Å². The van der Waals surface area contributed by atoms with Gasteiger partial charge in [-0.1, -0.05) is 6.42 Å². The van der Waals surface area contributed by atoms with Gasteiger partial charge in [-0.25, -0.2) is 0 Å². The second-order valence-corrected chi connectivity index (χ2v) is 4.05. The Labute approximate surface area is 106 Å². The van der Waals surface area contributed by atoms with Gasteiger partial charge in [0.05, 0.1) is 18.9 Å². The van der Waals surface area contributed by atoms with E-state index in [4.69, 9.17) is 0 Å². The molecule has 100 valence electrons.